The quantitative estimate of drug-likeness (QED) is 0.145. The molecule has 292 valence electrons. The van der Waals surface area contributed by atoms with Crippen molar-refractivity contribution in [3.8, 4) is 67.0 Å². The van der Waals surface area contributed by atoms with Crippen LogP contribution in [0.2, 0.25) is 0 Å². The summed E-state index contributed by atoms with van der Waals surface area (Å²) in [5.41, 5.74) is 17.1. The topological polar surface area (TPSA) is 16.4 Å². The van der Waals surface area contributed by atoms with Crippen LogP contribution >= 0.6 is 0 Å². The zero-order valence-corrected chi connectivity index (χ0v) is 34.0. The van der Waals surface area contributed by atoms with E-state index in [-0.39, 0.29) is 0 Å². The summed E-state index contributed by atoms with van der Waals surface area (Å²) in [5.74, 6) is 0.877. The normalized spacial score (nSPS) is 11.2. The lowest BCUT2D eigenvalue weighted by atomic mass is 9.95. The van der Waals surface area contributed by atoms with Gasteiger partial charge in [0.1, 0.15) is 11.3 Å². The predicted octanol–water partition coefficient (Wildman–Crippen LogP) is 17.1. The minimum Gasteiger partial charge on any atom is -0.456 e. The van der Waals surface area contributed by atoms with Gasteiger partial charge >= 0.3 is 0 Å². The van der Waals surface area contributed by atoms with Crippen molar-refractivity contribution >= 4 is 38.8 Å². The Morgan fingerprint density at radius 3 is 1.21 bits per heavy atom. The molecule has 11 rings (SSSR count). The summed E-state index contributed by atoms with van der Waals surface area (Å²) in [6.45, 7) is 0. The third kappa shape index (κ3) is 7.14. The Balaban J connectivity index is 0.887. The van der Waals surface area contributed by atoms with Gasteiger partial charge in [0.05, 0.1) is 0 Å². The lowest BCUT2D eigenvalue weighted by molar-refractivity contribution is 0.632. The molecular weight excluding hydrogens is 751 g/mol. The Morgan fingerprint density at radius 2 is 0.645 bits per heavy atom. The molecule has 0 spiro atoms. The fraction of sp³-hybridized carbons (Fsp3) is 0. The van der Waals surface area contributed by atoms with E-state index in [1.165, 1.54) is 44.2 Å². The van der Waals surface area contributed by atoms with E-state index in [1.54, 1.807) is 0 Å². The van der Waals surface area contributed by atoms with Crippen LogP contribution < -0.4 is 4.90 Å². The molecule has 0 saturated heterocycles. The number of furan rings is 1. The van der Waals surface area contributed by atoms with Crippen LogP contribution in [0.3, 0.4) is 0 Å². The molecule has 0 amide bonds. The van der Waals surface area contributed by atoms with Crippen LogP contribution in [0.15, 0.2) is 253 Å². The van der Waals surface area contributed by atoms with Crippen LogP contribution in [0.4, 0.5) is 17.1 Å². The summed E-state index contributed by atoms with van der Waals surface area (Å²) in [7, 11) is 0. The van der Waals surface area contributed by atoms with Crippen molar-refractivity contribution in [2.75, 3.05) is 4.90 Å². The molecule has 10 aromatic carbocycles. The van der Waals surface area contributed by atoms with Gasteiger partial charge in [-0.2, -0.15) is 0 Å². The van der Waals surface area contributed by atoms with E-state index in [1.807, 2.05) is 18.2 Å². The molecule has 11 aromatic rings. The average Bonchev–Trinajstić information content (AvgIpc) is 3.80. The van der Waals surface area contributed by atoms with Crippen LogP contribution in [-0.2, 0) is 0 Å². The molecule has 0 fully saturated rings. The van der Waals surface area contributed by atoms with Gasteiger partial charge in [-0.15, -0.1) is 0 Å². The lowest BCUT2D eigenvalue weighted by Crippen LogP contribution is -2.09. The summed E-state index contributed by atoms with van der Waals surface area (Å²) >= 11 is 0. The Labute approximate surface area is 362 Å². The maximum absolute atomic E-state index is 6.28. The van der Waals surface area contributed by atoms with Gasteiger partial charge in [0.2, 0.25) is 0 Å². The van der Waals surface area contributed by atoms with Gasteiger partial charge in [0.15, 0.2) is 0 Å². The zero-order chi connectivity index (χ0) is 41.2. The van der Waals surface area contributed by atoms with Crippen molar-refractivity contribution in [1.82, 2.24) is 0 Å². The van der Waals surface area contributed by atoms with Crippen molar-refractivity contribution in [1.29, 1.82) is 0 Å². The first-order valence-electron chi connectivity index (χ1n) is 21.2. The third-order valence-electron chi connectivity index (χ3n) is 11.9. The smallest absolute Gasteiger partial charge is 0.136 e. The zero-order valence-electron chi connectivity index (χ0n) is 34.0. The van der Waals surface area contributed by atoms with Crippen LogP contribution in [0.25, 0.3) is 88.7 Å². The number of anilines is 3. The van der Waals surface area contributed by atoms with Crippen LogP contribution in [0, 0.1) is 0 Å². The second-order valence-corrected chi connectivity index (χ2v) is 15.7. The van der Waals surface area contributed by atoms with Gasteiger partial charge in [0.25, 0.3) is 0 Å². The molecule has 0 aliphatic carbocycles. The summed E-state index contributed by atoms with van der Waals surface area (Å²) in [5, 5.41) is 3.63. The number of para-hydroxylation sites is 1. The maximum atomic E-state index is 6.28. The van der Waals surface area contributed by atoms with Crippen molar-refractivity contribution in [2.24, 2.45) is 0 Å². The van der Waals surface area contributed by atoms with E-state index in [9.17, 15) is 0 Å². The van der Waals surface area contributed by atoms with E-state index in [0.717, 1.165) is 61.6 Å². The fourth-order valence-corrected chi connectivity index (χ4v) is 8.71. The molecule has 1 heterocycles. The highest BCUT2D eigenvalue weighted by Gasteiger charge is 2.16. The van der Waals surface area contributed by atoms with Crippen molar-refractivity contribution in [3.63, 3.8) is 0 Å². The molecule has 0 aliphatic rings. The van der Waals surface area contributed by atoms with Gasteiger partial charge in [-0.25, -0.2) is 0 Å². The van der Waals surface area contributed by atoms with Crippen LogP contribution in [0.1, 0.15) is 0 Å². The number of hydrogen-bond acceptors (Lipinski definition) is 2. The van der Waals surface area contributed by atoms with E-state index in [0.29, 0.717) is 0 Å². The first-order valence-corrected chi connectivity index (χ1v) is 21.2. The molecule has 0 saturated carbocycles. The minimum atomic E-state index is 0.877. The minimum absolute atomic E-state index is 0.877. The number of rotatable bonds is 9. The van der Waals surface area contributed by atoms with Crippen molar-refractivity contribution in [3.05, 3.63) is 249 Å². The highest BCUT2D eigenvalue weighted by atomic mass is 16.3. The fourth-order valence-electron chi connectivity index (χ4n) is 8.71. The summed E-state index contributed by atoms with van der Waals surface area (Å²) < 4.78 is 6.28. The molecule has 0 atom stereocenters. The lowest BCUT2D eigenvalue weighted by Gasteiger charge is -2.26. The number of nitrogens with zero attached hydrogens (tertiary/aromatic N) is 1. The van der Waals surface area contributed by atoms with Crippen molar-refractivity contribution in [2.45, 2.75) is 0 Å². The van der Waals surface area contributed by atoms with E-state index >= 15 is 0 Å². The summed E-state index contributed by atoms with van der Waals surface area (Å²) in [4.78, 5) is 2.34. The van der Waals surface area contributed by atoms with E-state index in [2.05, 4.69) is 235 Å². The number of benzene rings is 10. The third-order valence-corrected chi connectivity index (χ3v) is 11.9. The molecule has 0 unspecified atom stereocenters. The van der Waals surface area contributed by atoms with Gasteiger partial charge in [-0.3, -0.25) is 0 Å². The SMILES string of the molecule is c1ccc(-c2ccc(N(c3ccc(-c4ccc(-c5ccccc5-c5cc6ccccc6o5)cc4)cc3)c3ccc(-c4ccc(-c5cccc6ccccc56)cc4)cc3)cc2)cc1. The van der Waals surface area contributed by atoms with Crippen molar-refractivity contribution < 1.29 is 4.42 Å². The molecule has 62 heavy (non-hydrogen) atoms. The molecule has 2 nitrogen and oxygen atoms in total. The van der Waals surface area contributed by atoms with Gasteiger partial charge in [0, 0.05) is 28.0 Å². The maximum Gasteiger partial charge on any atom is 0.136 e. The molecular formula is C60H41NO. The Bertz CT molecular complexity index is 3250. The van der Waals surface area contributed by atoms with Gasteiger partial charge in [-0.1, -0.05) is 200 Å². The molecule has 2 heteroatoms. The second-order valence-electron chi connectivity index (χ2n) is 15.7. The monoisotopic (exact) mass is 791 g/mol. The Kier molecular flexibility index (Phi) is 9.57. The molecule has 0 bridgehead atoms. The second kappa shape index (κ2) is 16.1. The Hall–Kier alpha value is -8.20. The number of fused-ring (bicyclic) bond motifs is 2. The van der Waals surface area contributed by atoms with E-state index in [4.69, 9.17) is 4.42 Å². The standard InChI is InChI=1S/C60H41NO/c1-2-11-42(12-3-1)45-29-35-52(36-30-45)61(53-37-31-46(32-38-53)43-21-25-49(26-22-43)56-19-10-15-48-13-4-6-16-55(48)56)54-39-33-47(34-40-54)44-23-27-50(28-24-44)57-17-7-8-18-58(57)60-41-51-14-5-9-20-59(51)62-60/h1-41H. The van der Waals surface area contributed by atoms with E-state index < -0.39 is 0 Å². The van der Waals surface area contributed by atoms with Crippen LogP contribution in [-0.4, -0.2) is 0 Å². The van der Waals surface area contributed by atoms with Crippen LogP contribution in [0.5, 0.6) is 0 Å². The first kappa shape index (κ1) is 36.8. The highest BCUT2D eigenvalue weighted by Crippen LogP contribution is 2.40. The van der Waals surface area contributed by atoms with Gasteiger partial charge in [-0.05, 0) is 115 Å². The summed E-state index contributed by atoms with van der Waals surface area (Å²) in [6.07, 6.45) is 0. The molecule has 0 aliphatic heterocycles. The molecule has 0 N–H and O–H groups in total. The first-order chi connectivity index (χ1) is 30.7. The Morgan fingerprint density at radius 1 is 0.258 bits per heavy atom. The van der Waals surface area contributed by atoms with Gasteiger partial charge < -0.3 is 9.32 Å². The summed E-state index contributed by atoms with van der Waals surface area (Å²) in [6, 6.07) is 88.9. The largest absolute Gasteiger partial charge is 0.456 e. The molecule has 1 aromatic heterocycles. The highest BCUT2D eigenvalue weighted by molar-refractivity contribution is 5.97. The average molecular weight is 792 g/mol. The predicted molar refractivity (Wildman–Crippen MR) is 261 cm³/mol. The molecule has 0 radical (unpaired) electrons. The number of hydrogen-bond donors (Lipinski definition) is 0.